The highest BCUT2D eigenvalue weighted by Crippen LogP contribution is 2.23. The summed E-state index contributed by atoms with van der Waals surface area (Å²) in [5.41, 5.74) is 1.68. The molecular formula is C19H21FN4O2. The van der Waals surface area contributed by atoms with Crippen molar-refractivity contribution < 1.29 is 14.0 Å². The lowest BCUT2D eigenvalue weighted by molar-refractivity contribution is -0.126. The van der Waals surface area contributed by atoms with Gasteiger partial charge in [0.15, 0.2) is 0 Å². The molecule has 1 aliphatic heterocycles. The lowest BCUT2D eigenvalue weighted by atomic mass is 9.95. The summed E-state index contributed by atoms with van der Waals surface area (Å²) in [6, 6.07) is 7.41. The molecule has 0 bridgehead atoms. The molecule has 2 N–H and O–H groups in total. The second-order valence-electron chi connectivity index (χ2n) is 6.30. The number of amides is 2. The van der Waals surface area contributed by atoms with Crippen LogP contribution in [-0.4, -0.2) is 27.6 Å². The summed E-state index contributed by atoms with van der Waals surface area (Å²) in [7, 11) is 1.81. The standard InChI is InChI=1S/C19H21FN4O2/c1-24-16(11-12-21-24)19-15(9-10-18(26)23-19)22-17(25)4-2-3-13-5-7-14(20)8-6-13/h2-3,5-8,11-12,15,19H,4,9-10H2,1H3,(H,22,25)(H,23,26)/b3-2+/t15-,19-/m1/s1. The van der Waals surface area contributed by atoms with Gasteiger partial charge in [-0.25, -0.2) is 4.39 Å². The molecule has 2 atom stereocenters. The molecular weight excluding hydrogens is 335 g/mol. The van der Waals surface area contributed by atoms with E-state index in [2.05, 4.69) is 15.7 Å². The van der Waals surface area contributed by atoms with Crippen LogP contribution in [0.5, 0.6) is 0 Å². The summed E-state index contributed by atoms with van der Waals surface area (Å²) < 4.78 is 14.6. The van der Waals surface area contributed by atoms with Crippen molar-refractivity contribution in [2.24, 2.45) is 7.05 Å². The lowest BCUT2D eigenvalue weighted by Crippen LogP contribution is -2.50. The number of hydrogen-bond donors (Lipinski definition) is 2. The van der Waals surface area contributed by atoms with Gasteiger partial charge in [-0.15, -0.1) is 0 Å². The normalized spacial score (nSPS) is 20.2. The Morgan fingerprint density at radius 2 is 2.15 bits per heavy atom. The molecule has 2 amide bonds. The van der Waals surface area contributed by atoms with Gasteiger partial charge in [-0.3, -0.25) is 14.3 Å². The predicted octanol–water partition coefficient (Wildman–Crippen LogP) is 2.10. The van der Waals surface area contributed by atoms with Crippen LogP contribution in [0.2, 0.25) is 0 Å². The van der Waals surface area contributed by atoms with Crippen molar-refractivity contribution in [2.75, 3.05) is 0 Å². The molecule has 7 heteroatoms. The molecule has 136 valence electrons. The van der Waals surface area contributed by atoms with Crippen molar-refractivity contribution in [3.8, 4) is 0 Å². The largest absolute Gasteiger partial charge is 0.351 e. The first-order chi connectivity index (χ1) is 12.5. The van der Waals surface area contributed by atoms with E-state index in [1.54, 1.807) is 42.2 Å². The van der Waals surface area contributed by atoms with Crippen molar-refractivity contribution in [2.45, 2.75) is 31.3 Å². The molecule has 1 saturated heterocycles. The Kier molecular flexibility index (Phi) is 5.46. The van der Waals surface area contributed by atoms with Crippen LogP contribution in [0.15, 0.2) is 42.6 Å². The number of hydrogen-bond acceptors (Lipinski definition) is 3. The number of benzene rings is 1. The van der Waals surface area contributed by atoms with E-state index in [1.807, 2.05) is 6.07 Å². The fraction of sp³-hybridized carbons (Fsp3) is 0.316. The third-order valence-corrected chi connectivity index (χ3v) is 4.41. The number of halogens is 1. The van der Waals surface area contributed by atoms with Gasteiger partial charge in [0.2, 0.25) is 11.8 Å². The fourth-order valence-electron chi connectivity index (χ4n) is 3.07. The van der Waals surface area contributed by atoms with E-state index in [0.717, 1.165) is 11.3 Å². The summed E-state index contributed by atoms with van der Waals surface area (Å²) in [4.78, 5) is 24.1. The molecule has 2 aromatic rings. The SMILES string of the molecule is Cn1nccc1[C@@H]1NC(=O)CC[C@H]1NC(=O)C/C=C/c1ccc(F)cc1. The lowest BCUT2D eigenvalue weighted by Gasteiger charge is -2.32. The third-order valence-electron chi connectivity index (χ3n) is 4.41. The predicted molar refractivity (Wildman–Crippen MR) is 95.3 cm³/mol. The van der Waals surface area contributed by atoms with Crippen LogP contribution in [-0.2, 0) is 16.6 Å². The highest BCUT2D eigenvalue weighted by Gasteiger charge is 2.32. The van der Waals surface area contributed by atoms with E-state index in [4.69, 9.17) is 0 Å². The Morgan fingerprint density at radius 3 is 2.85 bits per heavy atom. The second kappa shape index (κ2) is 7.95. The van der Waals surface area contributed by atoms with E-state index >= 15 is 0 Å². The molecule has 0 radical (unpaired) electrons. The Labute approximate surface area is 151 Å². The van der Waals surface area contributed by atoms with Crippen LogP contribution in [0, 0.1) is 5.82 Å². The number of carbonyl (C=O) groups excluding carboxylic acids is 2. The fourth-order valence-corrected chi connectivity index (χ4v) is 3.07. The van der Waals surface area contributed by atoms with Gasteiger partial charge < -0.3 is 10.6 Å². The average Bonchev–Trinajstić information content (AvgIpc) is 3.04. The van der Waals surface area contributed by atoms with Crippen molar-refractivity contribution >= 4 is 17.9 Å². The van der Waals surface area contributed by atoms with Crippen molar-refractivity contribution in [1.29, 1.82) is 0 Å². The highest BCUT2D eigenvalue weighted by molar-refractivity contribution is 5.80. The number of rotatable bonds is 5. The minimum Gasteiger partial charge on any atom is -0.351 e. The van der Waals surface area contributed by atoms with Gasteiger partial charge in [0.05, 0.1) is 17.8 Å². The minimum atomic E-state index is -0.297. The number of carbonyl (C=O) groups is 2. The second-order valence-corrected chi connectivity index (χ2v) is 6.30. The van der Waals surface area contributed by atoms with E-state index in [0.29, 0.717) is 12.8 Å². The number of aryl methyl sites for hydroxylation is 1. The molecule has 6 nitrogen and oxygen atoms in total. The monoisotopic (exact) mass is 356 g/mol. The van der Waals surface area contributed by atoms with E-state index in [1.165, 1.54) is 12.1 Å². The van der Waals surface area contributed by atoms with Crippen LogP contribution >= 0.6 is 0 Å². The molecule has 0 unspecified atom stereocenters. The number of piperidine rings is 1. The first-order valence-electron chi connectivity index (χ1n) is 8.51. The van der Waals surface area contributed by atoms with E-state index in [9.17, 15) is 14.0 Å². The van der Waals surface area contributed by atoms with Crippen LogP contribution in [0.3, 0.4) is 0 Å². The summed E-state index contributed by atoms with van der Waals surface area (Å²) in [6.45, 7) is 0. The zero-order chi connectivity index (χ0) is 18.5. The van der Waals surface area contributed by atoms with Gasteiger partial charge in [0, 0.05) is 26.1 Å². The molecule has 1 fully saturated rings. The molecule has 0 spiro atoms. The topological polar surface area (TPSA) is 76.0 Å². The van der Waals surface area contributed by atoms with Gasteiger partial charge in [0.1, 0.15) is 5.82 Å². The van der Waals surface area contributed by atoms with Crippen molar-refractivity contribution in [3.05, 3.63) is 59.7 Å². The Balaban J connectivity index is 1.60. The smallest absolute Gasteiger partial charge is 0.224 e. The van der Waals surface area contributed by atoms with E-state index < -0.39 is 0 Å². The quantitative estimate of drug-likeness (QED) is 0.861. The molecule has 3 rings (SSSR count). The highest BCUT2D eigenvalue weighted by atomic mass is 19.1. The van der Waals surface area contributed by atoms with Crippen molar-refractivity contribution in [3.63, 3.8) is 0 Å². The Hall–Kier alpha value is -2.96. The maximum absolute atomic E-state index is 12.9. The average molecular weight is 356 g/mol. The van der Waals surface area contributed by atoms with E-state index in [-0.39, 0.29) is 36.1 Å². The summed E-state index contributed by atoms with van der Waals surface area (Å²) in [5.74, 6) is -0.449. The molecule has 26 heavy (non-hydrogen) atoms. The van der Waals surface area contributed by atoms with Gasteiger partial charge in [0.25, 0.3) is 0 Å². The van der Waals surface area contributed by atoms with Crippen LogP contribution in [0.1, 0.15) is 36.6 Å². The van der Waals surface area contributed by atoms with Crippen molar-refractivity contribution in [1.82, 2.24) is 20.4 Å². The van der Waals surface area contributed by atoms with Gasteiger partial charge in [-0.1, -0.05) is 24.3 Å². The Bertz CT molecular complexity index is 813. The van der Waals surface area contributed by atoms with Gasteiger partial charge >= 0.3 is 0 Å². The number of nitrogens with zero attached hydrogens (tertiary/aromatic N) is 2. The Morgan fingerprint density at radius 1 is 1.38 bits per heavy atom. The molecule has 0 aliphatic carbocycles. The summed E-state index contributed by atoms with van der Waals surface area (Å²) >= 11 is 0. The molecule has 2 heterocycles. The molecule has 0 saturated carbocycles. The maximum Gasteiger partial charge on any atom is 0.224 e. The van der Waals surface area contributed by atoms with Crippen LogP contribution in [0.25, 0.3) is 6.08 Å². The van der Waals surface area contributed by atoms with Gasteiger partial charge in [-0.2, -0.15) is 5.10 Å². The third kappa shape index (κ3) is 4.36. The number of aromatic nitrogens is 2. The summed E-state index contributed by atoms with van der Waals surface area (Å²) in [6.07, 6.45) is 6.35. The first-order valence-corrected chi connectivity index (χ1v) is 8.51. The summed E-state index contributed by atoms with van der Waals surface area (Å²) in [5, 5.41) is 10.1. The maximum atomic E-state index is 12.9. The minimum absolute atomic E-state index is 0.0297. The van der Waals surface area contributed by atoms with Gasteiger partial charge in [-0.05, 0) is 30.2 Å². The molecule has 1 aromatic heterocycles. The van der Waals surface area contributed by atoms with Crippen LogP contribution < -0.4 is 10.6 Å². The zero-order valence-electron chi connectivity index (χ0n) is 14.5. The van der Waals surface area contributed by atoms with Crippen LogP contribution in [0.4, 0.5) is 4.39 Å². The molecule has 1 aliphatic rings. The first kappa shape index (κ1) is 17.8. The number of nitrogens with one attached hydrogen (secondary N) is 2. The molecule has 1 aromatic carbocycles. The zero-order valence-corrected chi connectivity index (χ0v) is 14.5.